The molecule has 0 amide bonds. The highest BCUT2D eigenvalue weighted by Crippen LogP contribution is 2.48. The lowest BCUT2D eigenvalue weighted by Gasteiger charge is -2.46. The molecule has 2 unspecified atom stereocenters. The number of hydrogen-bond donors (Lipinski definition) is 0. The lowest BCUT2D eigenvalue weighted by molar-refractivity contribution is 0.130. The first kappa shape index (κ1) is 23.8. The van der Waals surface area contributed by atoms with E-state index < -0.39 is 10.1 Å². The molecule has 0 aromatic heterocycles. The van der Waals surface area contributed by atoms with Gasteiger partial charge in [0.05, 0.1) is 20.8 Å². The number of fused-ring (bicyclic) bond motifs is 4. The first-order valence-corrected chi connectivity index (χ1v) is 13.4. The summed E-state index contributed by atoms with van der Waals surface area (Å²) in [6.07, 6.45) is 4.48. The molecule has 8 heteroatoms. The molecular formula is C27H31NO6S. The molecule has 0 N–H and O–H groups in total. The number of rotatable bonds is 7. The van der Waals surface area contributed by atoms with Crippen molar-refractivity contribution in [3.05, 3.63) is 76.8 Å². The fourth-order valence-electron chi connectivity index (χ4n) is 5.43. The van der Waals surface area contributed by atoms with Gasteiger partial charge in [-0.3, -0.25) is 4.90 Å². The molecule has 7 nitrogen and oxygen atoms in total. The van der Waals surface area contributed by atoms with Crippen LogP contribution in [-0.2, 0) is 25.5 Å². The highest BCUT2D eigenvalue weighted by Gasteiger charge is 2.41. The smallest absolute Gasteiger partial charge is 0.339 e. The Kier molecular flexibility index (Phi) is 6.51. The van der Waals surface area contributed by atoms with Crippen molar-refractivity contribution >= 4 is 10.1 Å². The largest absolute Gasteiger partial charge is 0.493 e. The Hall–Kier alpha value is -2.97. The van der Waals surface area contributed by atoms with Crippen LogP contribution in [0.2, 0.25) is 0 Å². The third kappa shape index (κ3) is 4.41. The van der Waals surface area contributed by atoms with E-state index in [4.69, 9.17) is 18.4 Å². The van der Waals surface area contributed by atoms with Crippen LogP contribution in [0.25, 0.3) is 0 Å². The Bertz CT molecular complexity index is 1270. The summed E-state index contributed by atoms with van der Waals surface area (Å²) in [7, 11) is -0.756. The van der Waals surface area contributed by atoms with Gasteiger partial charge in [0.1, 0.15) is 4.90 Å². The summed E-state index contributed by atoms with van der Waals surface area (Å²) in [5.74, 6) is 2.51. The third-order valence-corrected chi connectivity index (χ3v) is 8.35. The second kappa shape index (κ2) is 9.59. The Morgan fingerprint density at radius 2 is 1.86 bits per heavy atom. The molecule has 0 bridgehead atoms. The minimum atomic E-state index is -3.98. The fourth-order valence-corrected chi connectivity index (χ4v) is 6.42. The second-order valence-corrected chi connectivity index (χ2v) is 10.6. The Morgan fingerprint density at radius 1 is 1.06 bits per heavy atom. The molecule has 1 fully saturated rings. The average molecular weight is 498 g/mol. The van der Waals surface area contributed by atoms with E-state index in [-0.39, 0.29) is 16.9 Å². The van der Waals surface area contributed by atoms with E-state index in [1.807, 2.05) is 13.0 Å². The highest BCUT2D eigenvalue weighted by atomic mass is 32.2. The van der Waals surface area contributed by atoms with Crippen molar-refractivity contribution in [1.29, 1.82) is 0 Å². The van der Waals surface area contributed by atoms with Crippen molar-refractivity contribution < 1.29 is 26.8 Å². The number of benzene rings is 2. The Labute approximate surface area is 207 Å². The van der Waals surface area contributed by atoms with Gasteiger partial charge in [-0.15, -0.1) is 0 Å². The molecule has 35 heavy (non-hydrogen) atoms. The maximum Gasteiger partial charge on any atom is 0.339 e. The van der Waals surface area contributed by atoms with Crippen molar-refractivity contribution in [2.24, 2.45) is 5.92 Å². The topological polar surface area (TPSA) is 74.3 Å². The SMILES string of the molecule is CCOc1cc2c(cc1OC)CCN1CC3=C(OS(=O)(=O)c4ccccc4)C(OC)=CCC3CC21. The van der Waals surface area contributed by atoms with Crippen LogP contribution < -0.4 is 9.47 Å². The summed E-state index contributed by atoms with van der Waals surface area (Å²) in [5.41, 5.74) is 3.54. The van der Waals surface area contributed by atoms with Crippen molar-refractivity contribution in [2.75, 3.05) is 33.9 Å². The van der Waals surface area contributed by atoms with Gasteiger partial charge >= 0.3 is 10.1 Å². The Balaban J connectivity index is 1.49. The zero-order valence-electron chi connectivity index (χ0n) is 20.3. The first-order valence-electron chi connectivity index (χ1n) is 12.0. The quantitative estimate of drug-likeness (QED) is 0.517. The predicted octanol–water partition coefficient (Wildman–Crippen LogP) is 4.61. The minimum absolute atomic E-state index is 0.128. The van der Waals surface area contributed by atoms with Gasteiger partial charge in [-0.25, -0.2) is 0 Å². The number of methoxy groups -OCH3 is 2. The third-order valence-electron chi connectivity index (χ3n) is 7.12. The van der Waals surface area contributed by atoms with Crippen molar-refractivity contribution in [3.63, 3.8) is 0 Å². The number of allylic oxidation sites excluding steroid dienone is 1. The van der Waals surface area contributed by atoms with E-state index in [1.54, 1.807) is 44.6 Å². The molecule has 1 aliphatic carbocycles. The van der Waals surface area contributed by atoms with Gasteiger partial charge in [0.15, 0.2) is 23.0 Å². The molecule has 0 spiro atoms. The molecule has 5 rings (SSSR count). The fraction of sp³-hybridized carbons (Fsp3) is 0.407. The molecule has 0 saturated carbocycles. The summed E-state index contributed by atoms with van der Waals surface area (Å²) in [6, 6.07) is 12.7. The molecule has 1 saturated heterocycles. The second-order valence-electron chi connectivity index (χ2n) is 9.02. The van der Waals surface area contributed by atoms with Crippen LogP contribution in [0.3, 0.4) is 0 Å². The number of hydrogen-bond acceptors (Lipinski definition) is 7. The van der Waals surface area contributed by atoms with Crippen LogP contribution in [-0.4, -0.2) is 47.2 Å². The van der Waals surface area contributed by atoms with Gasteiger partial charge in [-0.05, 0) is 79.1 Å². The van der Waals surface area contributed by atoms with Crippen LogP contribution in [0, 0.1) is 5.92 Å². The zero-order chi connectivity index (χ0) is 24.6. The van der Waals surface area contributed by atoms with E-state index >= 15 is 0 Å². The predicted molar refractivity (Wildman–Crippen MR) is 132 cm³/mol. The molecule has 186 valence electrons. The maximum atomic E-state index is 13.1. The van der Waals surface area contributed by atoms with Crippen LogP contribution in [0.1, 0.15) is 36.9 Å². The van der Waals surface area contributed by atoms with E-state index in [2.05, 4.69) is 17.0 Å². The maximum absolute atomic E-state index is 13.1. The molecule has 2 aromatic rings. The van der Waals surface area contributed by atoms with Crippen LogP contribution in [0.5, 0.6) is 11.5 Å². The molecule has 2 aromatic carbocycles. The number of nitrogens with zero attached hydrogens (tertiary/aromatic N) is 1. The van der Waals surface area contributed by atoms with Crippen molar-refractivity contribution in [3.8, 4) is 11.5 Å². The molecule has 0 radical (unpaired) electrons. The lowest BCUT2D eigenvalue weighted by Crippen LogP contribution is -2.43. The monoisotopic (exact) mass is 497 g/mol. The lowest BCUT2D eigenvalue weighted by atomic mass is 9.76. The van der Waals surface area contributed by atoms with Gasteiger partial charge < -0.3 is 18.4 Å². The van der Waals surface area contributed by atoms with Gasteiger partial charge in [-0.2, -0.15) is 8.42 Å². The van der Waals surface area contributed by atoms with Crippen LogP contribution in [0.4, 0.5) is 0 Å². The summed E-state index contributed by atoms with van der Waals surface area (Å²) in [4.78, 5) is 2.54. The number of piperidine rings is 1. The van der Waals surface area contributed by atoms with E-state index in [0.29, 0.717) is 24.7 Å². The van der Waals surface area contributed by atoms with Gasteiger partial charge in [0, 0.05) is 19.1 Å². The van der Waals surface area contributed by atoms with E-state index in [1.165, 1.54) is 11.1 Å². The minimum Gasteiger partial charge on any atom is -0.493 e. The molecule has 2 atom stereocenters. The summed E-state index contributed by atoms with van der Waals surface area (Å²) in [5, 5.41) is 0. The van der Waals surface area contributed by atoms with Crippen LogP contribution in [0.15, 0.2) is 70.5 Å². The molecule has 3 aliphatic rings. The Morgan fingerprint density at radius 3 is 2.57 bits per heavy atom. The first-order chi connectivity index (χ1) is 16.9. The standard InChI is InChI=1S/C27H31NO6S/c1-4-33-26-16-21-19(15-25(26)32-3)12-13-28-17-22-18(14-23(21)28)10-11-24(31-2)27(22)34-35(29,30)20-8-6-5-7-9-20/h5-9,11,15-16,18,23H,4,10,12-14,17H2,1-3H3. The van der Waals surface area contributed by atoms with Crippen molar-refractivity contribution in [1.82, 2.24) is 4.90 Å². The summed E-state index contributed by atoms with van der Waals surface area (Å²) < 4.78 is 48.9. The highest BCUT2D eigenvalue weighted by molar-refractivity contribution is 7.86. The summed E-state index contributed by atoms with van der Waals surface area (Å²) in [6.45, 7) is 4.04. The number of ether oxygens (including phenoxy) is 3. The van der Waals surface area contributed by atoms with E-state index in [9.17, 15) is 8.42 Å². The molecule has 2 heterocycles. The molecule has 2 aliphatic heterocycles. The zero-order valence-corrected chi connectivity index (χ0v) is 21.1. The van der Waals surface area contributed by atoms with Gasteiger partial charge in [0.25, 0.3) is 0 Å². The van der Waals surface area contributed by atoms with Crippen LogP contribution >= 0.6 is 0 Å². The average Bonchev–Trinajstić information content (AvgIpc) is 2.88. The van der Waals surface area contributed by atoms with Gasteiger partial charge in [0.2, 0.25) is 0 Å². The normalized spacial score (nSPS) is 21.9. The van der Waals surface area contributed by atoms with Crippen molar-refractivity contribution in [2.45, 2.75) is 37.1 Å². The van der Waals surface area contributed by atoms with E-state index in [0.717, 1.165) is 42.9 Å². The summed E-state index contributed by atoms with van der Waals surface area (Å²) >= 11 is 0. The van der Waals surface area contributed by atoms with Gasteiger partial charge in [-0.1, -0.05) is 18.2 Å². The molecular weight excluding hydrogens is 466 g/mol.